The molecule has 0 saturated carbocycles. The van der Waals surface area contributed by atoms with Crippen molar-refractivity contribution in [3.05, 3.63) is 68.0 Å². The van der Waals surface area contributed by atoms with Crippen LogP contribution < -0.4 is 0 Å². The molecular formula is C25H30S4. The molecule has 29 heavy (non-hydrogen) atoms. The minimum Gasteiger partial charge on any atom is -0.143 e. The van der Waals surface area contributed by atoms with Gasteiger partial charge in [0.1, 0.15) is 0 Å². The summed E-state index contributed by atoms with van der Waals surface area (Å²) in [6.45, 7) is 2.15. The lowest BCUT2D eigenvalue weighted by atomic mass is 9.82. The fourth-order valence-corrected chi connectivity index (χ4v) is 8.10. The topological polar surface area (TPSA) is 0 Å². The molecule has 4 aromatic heterocycles. The summed E-state index contributed by atoms with van der Waals surface area (Å²) in [5.41, 5.74) is 5.40. The van der Waals surface area contributed by atoms with E-state index in [4.69, 9.17) is 6.42 Å². The molecule has 0 aromatic carbocycles. The Balaban J connectivity index is -0.000000256. The lowest BCUT2D eigenvalue weighted by Gasteiger charge is -2.17. The summed E-state index contributed by atoms with van der Waals surface area (Å²) in [4.78, 5) is 5.72. The van der Waals surface area contributed by atoms with Crippen molar-refractivity contribution in [2.45, 2.75) is 18.8 Å². The van der Waals surface area contributed by atoms with Crippen LogP contribution in [0.2, 0.25) is 0 Å². The zero-order valence-electron chi connectivity index (χ0n) is 15.5. The summed E-state index contributed by atoms with van der Waals surface area (Å²) >= 11 is 7.30. The largest absolute Gasteiger partial charge is 0.143 e. The van der Waals surface area contributed by atoms with Gasteiger partial charge in [-0.1, -0.05) is 5.92 Å². The number of fused-ring (bicyclic) bond motifs is 6. The second kappa shape index (κ2) is 7.38. The molecule has 0 saturated heterocycles. The number of rotatable bonds is 0. The van der Waals surface area contributed by atoms with Crippen LogP contribution in [-0.2, 0) is 11.8 Å². The maximum absolute atomic E-state index is 5.09. The molecule has 0 amide bonds. The fraction of sp³-hybridized carbons (Fsp3) is 0.120. The van der Waals surface area contributed by atoms with Gasteiger partial charge in [0.2, 0.25) is 0 Å². The average molecular weight is 459 g/mol. The summed E-state index contributed by atoms with van der Waals surface area (Å²) in [6, 6.07) is 8.81. The molecule has 0 bridgehead atoms. The molecule has 4 aromatic rings. The molecule has 0 fully saturated rings. The summed E-state index contributed by atoms with van der Waals surface area (Å²) in [5.74, 6) is 13.7. The molecule has 2 aliphatic rings. The Morgan fingerprint density at radius 1 is 0.759 bits per heavy atom. The Morgan fingerprint density at radius 3 is 1.83 bits per heavy atom. The minimum absolute atomic E-state index is 0. The third-order valence-corrected chi connectivity index (χ3v) is 9.27. The average Bonchev–Trinajstić information content (AvgIpc) is 3.49. The van der Waals surface area contributed by atoms with Gasteiger partial charge in [0, 0.05) is 37.3 Å². The molecule has 0 spiro atoms. The van der Waals surface area contributed by atoms with Crippen LogP contribution in [0.3, 0.4) is 0 Å². The van der Waals surface area contributed by atoms with Crippen molar-refractivity contribution in [3.63, 3.8) is 0 Å². The van der Waals surface area contributed by atoms with Crippen molar-refractivity contribution in [3.8, 4) is 55.5 Å². The van der Waals surface area contributed by atoms with E-state index < -0.39 is 0 Å². The summed E-state index contributed by atoms with van der Waals surface area (Å²) in [6.07, 6.45) is 6.25. The van der Waals surface area contributed by atoms with E-state index >= 15 is 0 Å². The Morgan fingerprint density at radius 2 is 1.28 bits per heavy atom. The van der Waals surface area contributed by atoms with Crippen LogP contribution in [-0.4, -0.2) is 0 Å². The van der Waals surface area contributed by atoms with E-state index in [1.165, 1.54) is 41.8 Å². The van der Waals surface area contributed by atoms with E-state index in [1.807, 2.05) is 22.7 Å². The SMILES string of the molecule is C#CC#CC#CC1(C)c2ccsc2-c2sccc21.[HH].[HH].[HH].[HH].[HH].[HH].[HH].[HH].c1cc2c(s1)-c1sccc1C2. The van der Waals surface area contributed by atoms with Crippen molar-refractivity contribution in [1.82, 2.24) is 0 Å². The van der Waals surface area contributed by atoms with Crippen LogP contribution in [0, 0.1) is 36.0 Å². The molecule has 154 valence electrons. The van der Waals surface area contributed by atoms with Gasteiger partial charge in [-0.3, -0.25) is 0 Å². The van der Waals surface area contributed by atoms with Gasteiger partial charge in [-0.15, -0.1) is 51.8 Å². The Bertz CT molecular complexity index is 1320. The molecule has 0 nitrogen and oxygen atoms in total. The highest BCUT2D eigenvalue weighted by Gasteiger charge is 2.40. The first-order valence-electron chi connectivity index (χ1n) is 8.99. The third-order valence-electron chi connectivity index (χ3n) is 5.20. The monoisotopic (exact) mass is 458 g/mol. The summed E-state index contributed by atoms with van der Waals surface area (Å²) < 4.78 is 0. The van der Waals surface area contributed by atoms with Gasteiger partial charge in [-0.05, 0) is 98.6 Å². The molecule has 6 rings (SSSR count). The minimum atomic E-state index is -0.242. The van der Waals surface area contributed by atoms with Gasteiger partial charge in [0.25, 0.3) is 0 Å². The second-order valence-corrected chi connectivity index (χ2v) is 10.5. The van der Waals surface area contributed by atoms with E-state index in [0.717, 1.165) is 6.42 Å². The second-order valence-electron chi connectivity index (χ2n) is 6.82. The third kappa shape index (κ3) is 3.00. The van der Waals surface area contributed by atoms with Gasteiger partial charge >= 0.3 is 0 Å². The van der Waals surface area contributed by atoms with Gasteiger partial charge in [0.05, 0.1) is 5.41 Å². The van der Waals surface area contributed by atoms with Crippen molar-refractivity contribution >= 4 is 45.3 Å². The Kier molecular flexibility index (Phi) is 4.71. The van der Waals surface area contributed by atoms with Gasteiger partial charge in [0.15, 0.2) is 0 Å². The van der Waals surface area contributed by atoms with Crippen LogP contribution >= 0.6 is 45.3 Å². The van der Waals surface area contributed by atoms with E-state index in [2.05, 4.69) is 82.3 Å². The fourth-order valence-electron chi connectivity index (χ4n) is 3.81. The van der Waals surface area contributed by atoms with E-state index in [1.54, 1.807) is 22.7 Å². The highest BCUT2D eigenvalue weighted by Crippen LogP contribution is 2.53. The molecule has 4 heteroatoms. The number of hydrogen-bond acceptors (Lipinski definition) is 4. The van der Waals surface area contributed by atoms with Crippen LogP contribution in [0.4, 0.5) is 0 Å². The highest BCUT2D eigenvalue weighted by atomic mass is 32.1. The van der Waals surface area contributed by atoms with Crippen molar-refractivity contribution < 1.29 is 11.4 Å². The maximum Gasteiger partial charge on any atom is 0.0822 e. The first-order valence-corrected chi connectivity index (χ1v) is 12.5. The van der Waals surface area contributed by atoms with Crippen molar-refractivity contribution in [1.29, 1.82) is 0 Å². The quantitative estimate of drug-likeness (QED) is 0.203. The lowest BCUT2D eigenvalue weighted by molar-refractivity contribution is 0.783. The van der Waals surface area contributed by atoms with Gasteiger partial charge < -0.3 is 0 Å². The van der Waals surface area contributed by atoms with Gasteiger partial charge in [-0.25, -0.2) is 0 Å². The number of terminal acetylenes is 1. The lowest BCUT2D eigenvalue weighted by Crippen LogP contribution is -2.16. The molecular weight excluding hydrogens is 429 g/mol. The molecule has 0 atom stereocenters. The first-order chi connectivity index (χ1) is 14.2. The van der Waals surface area contributed by atoms with Crippen LogP contribution in [0.1, 0.15) is 40.6 Å². The van der Waals surface area contributed by atoms with Crippen molar-refractivity contribution in [2.24, 2.45) is 0 Å². The van der Waals surface area contributed by atoms with E-state index in [9.17, 15) is 0 Å². The Hall–Kier alpha value is -2.52. The predicted molar refractivity (Wildman–Crippen MR) is 146 cm³/mol. The van der Waals surface area contributed by atoms with E-state index in [-0.39, 0.29) is 16.8 Å². The predicted octanol–water partition coefficient (Wildman–Crippen LogP) is 9.08. The van der Waals surface area contributed by atoms with Crippen LogP contribution in [0.25, 0.3) is 19.5 Å². The number of hydrogen-bond donors (Lipinski definition) is 0. The first kappa shape index (κ1) is 18.5. The van der Waals surface area contributed by atoms with Crippen LogP contribution in [0.5, 0.6) is 0 Å². The molecule has 2 aliphatic carbocycles. The zero-order chi connectivity index (χ0) is 19.8. The van der Waals surface area contributed by atoms with Gasteiger partial charge in [-0.2, -0.15) is 0 Å². The molecule has 0 N–H and O–H groups in total. The molecule has 0 unspecified atom stereocenters. The number of thiophene rings is 4. The molecule has 4 heterocycles. The summed E-state index contributed by atoms with van der Waals surface area (Å²) in [7, 11) is 0. The maximum atomic E-state index is 5.09. The zero-order valence-corrected chi connectivity index (χ0v) is 18.8. The normalized spacial score (nSPS) is 13.2. The summed E-state index contributed by atoms with van der Waals surface area (Å²) in [5, 5.41) is 8.63. The Labute approximate surface area is 198 Å². The van der Waals surface area contributed by atoms with Crippen molar-refractivity contribution in [2.75, 3.05) is 0 Å². The van der Waals surface area contributed by atoms with E-state index in [0.29, 0.717) is 0 Å². The smallest absolute Gasteiger partial charge is 0.0822 e. The highest BCUT2D eigenvalue weighted by molar-refractivity contribution is 7.21. The standard InChI is InChI=1S/C16H8S2.C9H6S2.8H2/c1-3-4-5-6-9-16(2)12-7-10-17-14(12)15-13(16)8-11-18-15;1-3-10-8-6(1)5-7-2-4-11-9(7)8;;;;;;;;/h1,7-8,10-11H,2H3;1-4H,5H2;8*1H. The van der Waals surface area contributed by atoms with Crippen LogP contribution in [0.15, 0.2) is 45.8 Å². The molecule has 0 aliphatic heterocycles. The molecule has 0 radical (unpaired) electrons.